The van der Waals surface area contributed by atoms with E-state index in [1.54, 1.807) is 26.5 Å². The Bertz CT molecular complexity index is 1320. The Morgan fingerprint density at radius 1 is 1.09 bits per heavy atom. The predicted molar refractivity (Wildman–Crippen MR) is 133 cm³/mol. The van der Waals surface area contributed by atoms with Crippen LogP contribution in [0.1, 0.15) is 33.5 Å². The third-order valence-corrected chi connectivity index (χ3v) is 6.27. The highest BCUT2D eigenvalue weighted by atomic mass is 32.1. The molecule has 9 nitrogen and oxygen atoms in total. The number of hydrogen-bond donors (Lipinski definition) is 1. The molecule has 0 radical (unpaired) electrons. The highest BCUT2D eigenvalue weighted by molar-refractivity contribution is 7.20. The normalized spacial score (nSPS) is 10.9. The van der Waals surface area contributed by atoms with Crippen molar-refractivity contribution >= 4 is 27.5 Å². The smallest absolute Gasteiger partial charge is 0.261 e. The van der Waals surface area contributed by atoms with E-state index in [-0.39, 0.29) is 12.5 Å². The van der Waals surface area contributed by atoms with E-state index in [1.807, 2.05) is 44.2 Å². The number of hydrogen-bond acceptors (Lipinski definition) is 9. The third-order valence-electron chi connectivity index (χ3n) is 5.09. The Morgan fingerprint density at radius 3 is 2.57 bits per heavy atom. The van der Waals surface area contributed by atoms with Crippen molar-refractivity contribution in [3.63, 3.8) is 0 Å². The number of rotatable bonds is 10. The van der Waals surface area contributed by atoms with Gasteiger partial charge in [0.05, 0.1) is 24.0 Å². The molecule has 10 heteroatoms. The summed E-state index contributed by atoms with van der Waals surface area (Å²) in [7, 11) is 3.12. The van der Waals surface area contributed by atoms with Crippen molar-refractivity contribution < 1.29 is 23.7 Å². The van der Waals surface area contributed by atoms with Gasteiger partial charge in [-0.2, -0.15) is 4.98 Å². The molecule has 35 heavy (non-hydrogen) atoms. The van der Waals surface area contributed by atoms with Gasteiger partial charge >= 0.3 is 0 Å². The van der Waals surface area contributed by atoms with Crippen molar-refractivity contribution in [3.8, 4) is 23.3 Å². The maximum atomic E-state index is 13.0. The second-order valence-corrected chi connectivity index (χ2v) is 8.51. The van der Waals surface area contributed by atoms with E-state index in [9.17, 15) is 4.79 Å². The van der Waals surface area contributed by atoms with E-state index in [0.29, 0.717) is 46.2 Å². The molecule has 0 aliphatic carbocycles. The molecular formula is C25H26N4O5S. The number of carbonyl (C=O) groups is 1. The van der Waals surface area contributed by atoms with Gasteiger partial charge in [-0.3, -0.25) is 4.79 Å². The quantitative estimate of drug-likeness (QED) is 0.339. The fourth-order valence-electron chi connectivity index (χ4n) is 3.47. The molecule has 0 fully saturated rings. The molecular weight excluding hydrogens is 468 g/mol. The van der Waals surface area contributed by atoms with Crippen molar-refractivity contribution in [2.45, 2.75) is 27.0 Å². The van der Waals surface area contributed by atoms with Crippen LogP contribution in [0.3, 0.4) is 0 Å². The van der Waals surface area contributed by atoms with Crippen LogP contribution in [0, 0.1) is 6.92 Å². The number of amides is 1. The first-order chi connectivity index (χ1) is 17.0. The summed E-state index contributed by atoms with van der Waals surface area (Å²) in [6, 6.07) is 10.9. The van der Waals surface area contributed by atoms with Gasteiger partial charge in [0.25, 0.3) is 5.91 Å². The van der Waals surface area contributed by atoms with Gasteiger partial charge in [0.1, 0.15) is 22.9 Å². The molecule has 0 atom stereocenters. The Kier molecular flexibility index (Phi) is 7.74. The van der Waals surface area contributed by atoms with Crippen molar-refractivity contribution in [1.82, 2.24) is 20.3 Å². The highest BCUT2D eigenvalue weighted by Gasteiger charge is 2.21. The maximum Gasteiger partial charge on any atom is 0.261 e. The van der Waals surface area contributed by atoms with E-state index in [0.717, 1.165) is 22.3 Å². The monoisotopic (exact) mass is 494 g/mol. The van der Waals surface area contributed by atoms with Gasteiger partial charge in [-0.05, 0) is 55.3 Å². The molecule has 0 saturated carbocycles. The van der Waals surface area contributed by atoms with E-state index >= 15 is 0 Å². The molecule has 0 spiro atoms. The summed E-state index contributed by atoms with van der Waals surface area (Å²) in [5, 5.41) is 3.70. The minimum Gasteiger partial charge on any atom is -0.494 e. The molecule has 3 heterocycles. The fraction of sp³-hybridized carbons (Fsp3) is 0.280. The first-order valence-corrected chi connectivity index (χ1v) is 11.8. The molecule has 182 valence electrons. The molecule has 0 bridgehead atoms. The molecule has 1 amide bonds. The summed E-state index contributed by atoms with van der Waals surface area (Å²) < 4.78 is 21.9. The number of benzene rings is 1. The van der Waals surface area contributed by atoms with Crippen LogP contribution < -0.4 is 19.5 Å². The average Bonchev–Trinajstić information content (AvgIpc) is 3.20. The highest BCUT2D eigenvalue weighted by Crippen LogP contribution is 2.35. The first-order valence-electron chi connectivity index (χ1n) is 11.0. The van der Waals surface area contributed by atoms with E-state index in [1.165, 1.54) is 11.3 Å². The van der Waals surface area contributed by atoms with Crippen LogP contribution in [0.15, 0.2) is 42.6 Å². The van der Waals surface area contributed by atoms with E-state index in [2.05, 4.69) is 20.3 Å². The molecule has 1 aromatic carbocycles. The van der Waals surface area contributed by atoms with Crippen LogP contribution >= 0.6 is 11.3 Å². The molecule has 0 aliphatic rings. The minimum atomic E-state index is -0.202. The second-order valence-electron chi connectivity index (χ2n) is 7.51. The summed E-state index contributed by atoms with van der Waals surface area (Å²) >= 11 is 1.30. The summed E-state index contributed by atoms with van der Waals surface area (Å²) in [4.78, 5) is 27.4. The summed E-state index contributed by atoms with van der Waals surface area (Å²) in [6.07, 6.45) is 1.65. The maximum absolute atomic E-state index is 13.0. The number of ether oxygens (including phenoxy) is 4. The number of aryl methyl sites for hydroxylation is 1. The standard InChI is InChI=1S/C25H26N4O5S/c1-5-33-17-6-8-18(9-7-17)34-20-12-16(10-11-26-20)13-27-23(30)22-15(2)21-24(32-4)28-19(14-31-3)29-25(21)35-22/h6-12H,5,13-14H2,1-4H3,(H,27,30). The van der Waals surface area contributed by atoms with Crippen molar-refractivity contribution in [2.24, 2.45) is 0 Å². The lowest BCUT2D eigenvalue weighted by Gasteiger charge is -2.09. The molecule has 4 aromatic rings. The van der Waals surface area contributed by atoms with E-state index in [4.69, 9.17) is 18.9 Å². The SMILES string of the molecule is CCOc1ccc(Oc2cc(CNC(=O)c3sc4nc(COC)nc(OC)c4c3C)ccn2)cc1. The van der Waals surface area contributed by atoms with Crippen molar-refractivity contribution in [3.05, 3.63) is 64.4 Å². The van der Waals surface area contributed by atoms with E-state index < -0.39 is 0 Å². The van der Waals surface area contributed by atoms with Gasteiger partial charge in [-0.1, -0.05) is 0 Å². The fourth-order valence-corrected chi connectivity index (χ4v) is 4.58. The molecule has 1 N–H and O–H groups in total. The van der Waals surface area contributed by atoms with Crippen LogP contribution in [0.25, 0.3) is 10.2 Å². The largest absolute Gasteiger partial charge is 0.494 e. The lowest BCUT2D eigenvalue weighted by atomic mass is 10.2. The van der Waals surface area contributed by atoms with Crippen LogP contribution in [0.5, 0.6) is 23.3 Å². The Hall–Kier alpha value is -3.76. The molecule has 0 aliphatic heterocycles. The zero-order chi connectivity index (χ0) is 24.8. The number of nitrogens with one attached hydrogen (secondary N) is 1. The molecule has 0 unspecified atom stereocenters. The lowest BCUT2D eigenvalue weighted by molar-refractivity contribution is 0.0954. The Balaban J connectivity index is 1.46. The third kappa shape index (κ3) is 5.67. The van der Waals surface area contributed by atoms with Gasteiger partial charge in [-0.25, -0.2) is 9.97 Å². The Labute approximate surface area is 207 Å². The summed E-state index contributed by atoms with van der Waals surface area (Å²) in [5.74, 6) is 2.59. The zero-order valence-corrected chi connectivity index (χ0v) is 20.8. The van der Waals surface area contributed by atoms with Gasteiger partial charge < -0.3 is 24.3 Å². The number of aromatic nitrogens is 3. The van der Waals surface area contributed by atoms with Crippen LogP contribution in [-0.2, 0) is 17.9 Å². The molecule has 3 aromatic heterocycles. The second kappa shape index (κ2) is 11.1. The summed E-state index contributed by atoms with van der Waals surface area (Å²) in [5.41, 5.74) is 1.63. The molecule has 0 saturated heterocycles. The first kappa shape index (κ1) is 24.4. The number of fused-ring (bicyclic) bond motifs is 1. The minimum absolute atomic E-state index is 0.202. The van der Waals surface area contributed by atoms with Crippen molar-refractivity contribution in [1.29, 1.82) is 0 Å². The average molecular weight is 495 g/mol. The van der Waals surface area contributed by atoms with Crippen molar-refractivity contribution in [2.75, 3.05) is 20.8 Å². The summed E-state index contributed by atoms with van der Waals surface area (Å²) in [6.45, 7) is 4.97. The Morgan fingerprint density at radius 2 is 1.86 bits per heavy atom. The number of carbonyl (C=O) groups excluding carboxylic acids is 1. The number of methoxy groups -OCH3 is 2. The lowest BCUT2D eigenvalue weighted by Crippen LogP contribution is -2.22. The zero-order valence-electron chi connectivity index (χ0n) is 20.0. The van der Waals surface area contributed by atoms with Gasteiger partial charge in [0, 0.05) is 25.9 Å². The van der Waals surface area contributed by atoms with Crippen LogP contribution in [0.4, 0.5) is 0 Å². The number of thiophene rings is 1. The number of nitrogens with zero attached hydrogens (tertiary/aromatic N) is 3. The predicted octanol–water partition coefficient (Wildman–Crippen LogP) is 4.67. The van der Waals surface area contributed by atoms with Gasteiger partial charge in [-0.15, -0.1) is 11.3 Å². The van der Waals surface area contributed by atoms with Crippen LogP contribution in [-0.4, -0.2) is 41.7 Å². The molecule has 4 rings (SSSR count). The van der Waals surface area contributed by atoms with Gasteiger partial charge in [0.2, 0.25) is 11.8 Å². The van der Waals surface area contributed by atoms with Gasteiger partial charge in [0.15, 0.2) is 5.82 Å². The number of pyridine rings is 1. The topological polar surface area (TPSA) is 105 Å². The van der Waals surface area contributed by atoms with Crippen LogP contribution in [0.2, 0.25) is 0 Å².